The molecule has 0 saturated heterocycles. The number of aromatic nitrogens is 1. The first-order valence-corrected chi connectivity index (χ1v) is 6.64. The first-order valence-electron chi connectivity index (χ1n) is 5.89. The lowest BCUT2D eigenvalue weighted by atomic mass is 10.2. The van der Waals surface area contributed by atoms with Crippen LogP contribution in [0.4, 0.5) is 0 Å². The Morgan fingerprint density at radius 3 is 2.52 bits per heavy atom. The summed E-state index contributed by atoms with van der Waals surface area (Å²) in [6, 6.07) is 7.32. The molecule has 1 aromatic heterocycles. The van der Waals surface area contributed by atoms with Gasteiger partial charge in [-0.2, -0.15) is 0 Å². The lowest BCUT2D eigenvalue weighted by Crippen LogP contribution is -2.23. The fourth-order valence-electron chi connectivity index (χ4n) is 1.62. The summed E-state index contributed by atoms with van der Waals surface area (Å²) in [6.45, 7) is 0.111. The summed E-state index contributed by atoms with van der Waals surface area (Å²) < 4.78 is 0. The van der Waals surface area contributed by atoms with Crippen molar-refractivity contribution in [1.82, 2.24) is 10.3 Å². The second kappa shape index (κ2) is 6.56. The average Bonchev–Trinajstić information content (AvgIpc) is 2.48. The minimum absolute atomic E-state index is 0.111. The number of aromatic carboxylic acids is 1. The number of pyridine rings is 1. The van der Waals surface area contributed by atoms with Crippen molar-refractivity contribution >= 4 is 35.1 Å². The Morgan fingerprint density at radius 2 is 1.86 bits per heavy atom. The topological polar surface area (TPSA) is 79.3 Å². The van der Waals surface area contributed by atoms with Gasteiger partial charge in [-0.05, 0) is 30.3 Å². The second-order valence-corrected chi connectivity index (χ2v) is 4.97. The van der Waals surface area contributed by atoms with Crippen molar-refractivity contribution < 1.29 is 14.7 Å². The number of nitrogens with zero attached hydrogens (tertiary/aromatic N) is 1. The number of hydrogen-bond donors (Lipinski definition) is 2. The van der Waals surface area contributed by atoms with Crippen LogP contribution in [0.1, 0.15) is 26.4 Å². The highest BCUT2D eigenvalue weighted by molar-refractivity contribution is 6.42. The lowest BCUT2D eigenvalue weighted by Gasteiger charge is -2.06. The molecule has 0 spiro atoms. The summed E-state index contributed by atoms with van der Waals surface area (Å²) in [5.41, 5.74) is 0.922. The third kappa shape index (κ3) is 3.93. The summed E-state index contributed by atoms with van der Waals surface area (Å²) in [5.74, 6) is -1.40. The molecule has 0 bridgehead atoms. The van der Waals surface area contributed by atoms with Gasteiger partial charge >= 0.3 is 5.97 Å². The first-order chi connectivity index (χ1) is 9.97. The minimum Gasteiger partial charge on any atom is -0.478 e. The number of nitrogens with one attached hydrogen (secondary N) is 1. The zero-order valence-corrected chi connectivity index (χ0v) is 12.1. The predicted molar refractivity (Wildman–Crippen MR) is 78.8 cm³/mol. The van der Waals surface area contributed by atoms with Crippen molar-refractivity contribution in [2.24, 2.45) is 0 Å². The summed E-state index contributed by atoms with van der Waals surface area (Å²) in [5, 5.41) is 12.2. The SMILES string of the molecule is O=C(O)c1ccnc(CNC(=O)c2ccc(Cl)c(Cl)c2)c1. The predicted octanol–water partition coefficient (Wildman–Crippen LogP) is 3.02. The summed E-state index contributed by atoms with van der Waals surface area (Å²) >= 11 is 11.6. The van der Waals surface area contributed by atoms with E-state index >= 15 is 0 Å². The molecule has 0 aliphatic carbocycles. The molecule has 2 aromatic rings. The molecule has 21 heavy (non-hydrogen) atoms. The number of rotatable bonds is 4. The molecular formula is C14H10Cl2N2O3. The molecule has 0 atom stereocenters. The molecule has 0 aliphatic heterocycles. The van der Waals surface area contributed by atoms with Crippen molar-refractivity contribution in [2.75, 3.05) is 0 Å². The van der Waals surface area contributed by atoms with Crippen LogP contribution >= 0.6 is 23.2 Å². The van der Waals surface area contributed by atoms with E-state index in [-0.39, 0.29) is 23.0 Å². The van der Waals surface area contributed by atoms with Crippen LogP contribution in [-0.2, 0) is 6.54 Å². The molecule has 2 rings (SSSR count). The summed E-state index contributed by atoms with van der Waals surface area (Å²) in [6.07, 6.45) is 1.38. The standard InChI is InChI=1S/C14H10Cl2N2O3/c15-11-2-1-8(6-12(11)16)13(19)18-7-10-5-9(14(20)21)3-4-17-10/h1-6H,7H2,(H,18,19)(H,20,21). The van der Waals surface area contributed by atoms with Crippen LogP contribution in [0, 0.1) is 0 Å². The molecule has 0 radical (unpaired) electrons. The van der Waals surface area contributed by atoms with Gasteiger partial charge in [0, 0.05) is 11.8 Å². The van der Waals surface area contributed by atoms with Gasteiger partial charge in [0.1, 0.15) is 0 Å². The van der Waals surface area contributed by atoms with E-state index in [1.165, 1.54) is 30.5 Å². The maximum absolute atomic E-state index is 11.9. The normalized spacial score (nSPS) is 10.2. The number of halogens is 2. The fourth-order valence-corrected chi connectivity index (χ4v) is 1.92. The Labute approximate surface area is 130 Å². The molecule has 0 fully saturated rings. The monoisotopic (exact) mass is 324 g/mol. The average molecular weight is 325 g/mol. The first kappa shape index (κ1) is 15.3. The van der Waals surface area contributed by atoms with E-state index in [1.54, 1.807) is 6.07 Å². The van der Waals surface area contributed by atoms with Gasteiger partial charge in [-0.3, -0.25) is 9.78 Å². The molecule has 0 unspecified atom stereocenters. The van der Waals surface area contributed by atoms with E-state index in [4.69, 9.17) is 28.3 Å². The zero-order chi connectivity index (χ0) is 15.4. The molecule has 7 heteroatoms. The third-order valence-corrected chi connectivity index (χ3v) is 3.41. The summed E-state index contributed by atoms with van der Waals surface area (Å²) in [4.78, 5) is 26.8. The Bertz CT molecular complexity index is 704. The minimum atomic E-state index is -1.05. The molecule has 0 saturated carbocycles. The summed E-state index contributed by atoms with van der Waals surface area (Å²) in [7, 11) is 0. The third-order valence-electron chi connectivity index (χ3n) is 2.68. The highest BCUT2D eigenvalue weighted by atomic mass is 35.5. The van der Waals surface area contributed by atoms with Crippen molar-refractivity contribution in [3.63, 3.8) is 0 Å². The van der Waals surface area contributed by atoms with E-state index in [9.17, 15) is 9.59 Å². The lowest BCUT2D eigenvalue weighted by molar-refractivity contribution is 0.0696. The van der Waals surface area contributed by atoms with Crippen molar-refractivity contribution in [3.05, 3.63) is 63.4 Å². The van der Waals surface area contributed by atoms with Crippen molar-refractivity contribution in [2.45, 2.75) is 6.54 Å². The Kier molecular flexibility index (Phi) is 4.77. The van der Waals surface area contributed by atoms with E-state index in [0.717, 1.165) is 0 Å². The number of carboxylic acids is 1. The maximum atomic E-state index is 11.9. The van der Waals surface area contributed by atoms with Crippen LogP contribution < -0.4 is 5.32 Å². The number of carbonyl (C=O) groups excluding carboxylic acids is 1. The number of hydrogen-bond acceptors (Lipinski definition) is 3. The molecule has 0 aliphatic rings. The van der Waals surface area contributed by atoms with Gasteiger partial charge in [0.05, 0.1) is 27.8 Å². The number of amides is 1. The second-order valence-electron chi connectivity index (χ2n) is 4.15. The van der Waals surface area contributed by atoms with Crippen LogP contribution in [0.5, 0.6) is 0 Å². The van der Waals surface area contributed by atoms with Crippen molar-refractivity contribution in [1.29, 1.82) is 0 Å². The molecule has 1 amide bonds. The molecule has 2 N–H and O–H groups in total. The van der Waals surface area contributed by atoms with Gasteiger partial charge in [-0.1, -0.05) is 23.2 Å². The maximum Gasteiger partial charge on any atom is 0.335 e. The number of benzene rings is 1. The quantitative estimate of drug-likeness (QED) is 0.906. The van der Waals surface area contributed by atoms with Gasteiger partial charge in [0.25, 0.3) is 5.91 Å². The Morgan fingerprint density at radius 1 is 1.10 bits per heavy atom. The van der Waals surface area contributed by atoms with Gasteiger partial charge in [0.2, 0.25) is 0 Å². The number of carbonyl (C=O) groups is 2. The van der Waals surface area contributed by atoms with Gasteiger partial charge in [-0.15, -0.1) is 0 Å². The largest absolute Gasteiger partial charge is 0.478 e. The van der Waals surface area contributed by atoms with E-state index in [1.807, 2.05) is 0 Å². The highest BCUT2D eigenvalue weighted by Crippen LogP contribution is 2.22. The smallest absolute Gasteiger partial charge is 0.335 e. The van der Waals surface area contributed by atoms with E-state index < -0.39 is 5.97 Å². The van der Waals surface area contributed by atoms with Gasteiger partial charge in [-0.25, -0.2) is 4.79 Å². The Hall–Kier alpha value is -2.11. The van der Waals surface area contributed by atoms with E-state index in [0.29, 0.717) is 16.3 Å². The highest BCUT2D eigenvalue weighted by Gasteiger charge is 2.09. The van der Waals surface area contributed by atoms with E-state index in [2.05, 4.69) is 10.3 Å². The fraction of sp³-hybridized carbons (Fsp3) is 0.0714. The Balaban J connectivity index is 2.05. The van der Waals surface area contributed by atoms with Crippen LogP contribution in [0.15, 0.2) is 36.5 Å². The van der Waals surface area contributed by atoms with Crippen LogP contribution in [0.25, 0.3) is 0 Å². The molecular weight excluding hydrogens is 315 g/mol. The zero-order valence-electron chi connectivity index (χ0n) is 10.6. The van der Waals surface area contributed by atoms with Crippen molar-refractivity contribution in [3.8, 4) is 0 Å². The molecule has 5 nitrogen and oxygen atoms in total. The molecule has 1 heterocycles. The number of carboxylic acid groups (broad SMARTS) is 1. The molecule has 108 valence electrons. The van der Waals surface area contributed by atoms with Crippen LogP contribution in [-0.4, -0.2) is 22.0 Å². The van der Waals surface area contributed by atoms with Gasteiger partial charge in [0.15, 0.2) is 0 Å². The van der Waals surface area contributed by atoms with Crippen LogP contribution in [0.3, 0.4) is 0 Å². The molecule has 1 aromatic carbocycles. The van der Waals surface area contributed by atoms with Crippen LogP contribution in [0.2, 0.25) is 10.0 Å². The van der Waals surface area contributed by atoms with Gasteiger partial charge < -0.3 is 10.4 Å².